The number of fused-ring (bicyclic) bond motifs is 1. The molecule has 1 aromatic carbocycles. The lowest BCUT2D eigenvalue weighted by Crippen LogP contribution is -2.01. The molecule has 6 nitrogen and oxygen atoms in total. The molecule has 0 atom stereocenters. The molecule has 3 aromatic heterocycles. The van der Waals surface area contributed by atoms with Crippen LogP contribution < -0.4 is 11.1 Å². The SMILES string of the molecule is Nc1ncc(-c2c[nH]c3ncc(NCc4cc(F)cc(F)c4)cc23)cn1. The Hall–Kier alpha value is -3.55. The topological polar surface area (TPSA) is 92.5 Å². The van der Waals surface area contributed by atoms with Crippen LogP contribution in [0, 0.1) is 11.6 Å². The Morgan fingerprint density at radius 1 is 0.962 bits per heavy atom. The van der Waals surface area contributed by atoms with E-state index in [0.29, 0.717) is 11.2 Å². The van der Waals surface area contributed by atoms with Gasteiger partial charge < -0.3 is 16.0 Å². The minimum absolute atomic E-state index is 0.205. The van der Waals surface area contributed by atoms with E-state index in [-0.39, 0.29) is 12.5 Å². The van der Waals surface area contributed by atoms with E-state index >= 15 is 0 Å². The smallest absolute Gasteiger partial charge is 0.219 e. The first-order valence-electron chi connectivity index (χ1n) is 7.82. The van der Waals surface area contributed by atoms with Crippen LogP contribution in [0.5, 0.6) is 0 Å². The highest BCUT2D eigenvalue weighted by Gasteiger charge is 2.09. The lowest BCUT2D eigenvalue weighted by molar-refractivity contribution is 0.580. The normalized spacial score (nSPS) is 11.0. The molecule has 0 saturated carbocycles. The molecular formula is C18H14F2N6. The van der Waals surface area contributed by atoms with Gasteiger partial charge in [-0.1, -0.05) is 0 Å². The van der Waals surface area contributed by atoms with Crippen LogP contribution in [0.25, 0.3) is 22.2 Å². The van der Waals surface area contributed by atoms with Gasteiger partial charge in [-0.3, -0.25) is 0 Å². The average molecular weight is 352 g/mol. The van der Waals surface area contributed by atoms with Crippen molar-refractivity contribution >= 4 is 22.7 Å². The summed E-state index contributed by atoms with van der Waals surface area (Å²) < 4.78 is 26.6. The van der Waals surface area contributed by atoms with Gasteiger partial charge in [-0.2, -0.15) is 0 Å². The van der Waals surface area contributed by atoms with Gasteiger partial charge in [0.05, 0.1) is 11.9 Å². The molecule has 3 heterocycles. The Balaban J connectivity index is 1.62. The molecule has 0 aliphatic heterocycles. The number of nitrogens with zero attached hydrogens (tertiary/aromatic N) is 3. The standard InChI is InChI=1S/C18H14F2N6/c19-12-1-10(2-13(20)3-12)5-22-14-4-15-16(9-24-17(15)23-8-14)11-6-25-18(21)26-7-11/h1-4,6-9,22H,5H2,(H,23,24)(H2,21,25,26). The summed E-state index contributed by atoms with van der Waals surface area (Å²) in [6.45, 7) is 0.270. The van der Waals surface area contributed by atoms with Crippen LogP contribution in [0.15, 0.2) is 49.1 Å². The molecule has 0 radical (unpaired) electrons. The van der Waals surface area contributed by atoms with E-state index in [1.165, 1.54) is 12.1 Å². The number of aromatic amines is 1. The van der Waals surface area contributed by atoms with Gasteiger partial charge in [0.15, 0.2) is 0 Å². The summed E-state index contributed by atoms with van der Waals surface area (Å²) in [5.74, 6) is -1.00. The first-order chi connectivity index (χ1) is 12.6. The number of benzene rings is 1. The molecule has 8 heteroatoms. The van der Waals surface area contributed by atoms with E-state index in [2.05, 4.69) is 25.3 Å². The number of hydrogen-bond donors (Lipinski definition) is 3. The van der Waals surface area contributed by atoms with Gasteiger partial charge in [0, 0.05) is 47.7 Å². The zero-order chi connectivity index (χ0) is 18.1. The monoisotopic (exact) mass is 352 g/mol. The van der Waals surface area contributed by atoms with Crippen molar-refractivity contribution in [2.75, 3.05) is 11.1 Å². The lowest BCUT2D eigenvalue weighted by Gasteiger charge is -2.07. The molecule has 0 bridgehead atoms. The fourth-order valence-electron chi connectivity index (χ4n) is 2.73. The number of anilines is 2. The highest BCUT2D eigenvalue weighted by Crippen LogP contribution is 2.28. The Labute approximate surface area is 147 Å². The molecule has 0 aliphatic rings. The molecule has 4 rings (SSSR count). The predicted molar refractivity (Wildman–Crippen MR) is 95.2 cm³/mol. The van der Waals surface area contributed by atoms with E-state index < -0.39 is 11.6 Å². The number of H-pyrrole nitrogens is 1. The maximum atomic E-state index is 13.3. The Morgan fingerprint density at radius 2 is 1.69 bits per heavy atom. The fourth-order valence-corrected chi connectivity index (χ4v) is 2.73. The van der Waals surface area contributed by atoms with Crippen LogP contribution in [-0.4, -0.2) is 19.9 Å². The van der Waals surface area contributed by atoms with Gasteiger partial charge >= 0.3 is 0 Å². The summed E-state index contributed by atoms with van der Waals surface area (Å²) in [6, 6.07) is 5.32. The van der Waals surface area contributed by atoms with Crippen LogP contribution in [0.2, 0.25) is 0 Å². The number of rotatable bonds is 4. The van der Waals surface area contributed by atoms with Gasteiger partial charge in [-0.05, 0) is 23.8 Å². The highest BCUT2D eigenvalue weighted by molar-refractivity contribution is 5.94. The van der Waals surface area contributed by atoms with Crippen molar-refractivity contribution < 1.29 is 8.78 Å². The molecule has 0 spiro atoms. The van der Waals surface area contributed by atoms with Crippen molar-refractivity contribution in [2.24, 2.45) is 0 Å². The van der Waals surface area contributed by atoms with Crippen LogP contribution in [0.1, 0.15) is 5.56 Å². The van der Waals surface area contributed by atoms with Crippen molar-refractivity contribution in [1.29, 1.82) is 0 Å². The van der Waals surface area contributed by atoms with Gasteiger partial charge in [-0.15, -0.1) is 0 Å². The van der Waals surface area contributed by atoms with E-state index in [1.807, 2.05) is 12.3 Å². The molecular weight excluding hydrogens is 338 g/mol. The Kier molecular flexibility index (Phi) is 3.92. The molecule has 0 saturated heterocycles. The van der Waals surface area contributed by atoms with E-state index in [4.69, 9.17) is 5.73 Å². The van der Waals surface area contributed by atoms with Crippen LogP contribution in [0.3, 0.4) is 0 Å². The number of nitrogen functional groups attached to an aromatic ring is 1. The number of nitrogens with two attached hydrogens (primary N) is 1. The first kappa shape index (κ1) is 15.9. The Morgan fingerprint density at radius 3 is 2.42 bits per heavy atom. The summed E-state index contributed by atoms with van der Waals surface area (Å²) in [5.41, 5.74) is 9.14. The van der Waals surface area contributed by atoms with Gasteiger partial charge in [0.25, 0.3) is 0 Å². The molecule has 0 aliphatic carbocycles. The molecule has 0 unspecified atom stereocenters. The second kappa shape index (κ2) is 6.40. The molecule has 0 fully saturated rings. The van der Waals surface area contributed by atoms with E-state index in [1.54, 1.807) is 18.6 Å². The van der Waals surface area contributed by atoms with Crippen molar-refractivity contribution in [1.82, 2.24) is 19.9 Å². The Bertz CT molecular complexity index is 1050. The maximum Gasteiger partial charge on any atom is 0.219 e. The lowest BCUT2D eigenvalue weighted by atomic mass is 10.1. The second-order valence-electron chi connectivity index (χ2n) is 5.78. The van der Waals surface area contributed by atoms with Crippen molar-refractivity contribution in [3.8, 4) is 11.1 Å². The van der Waals surface area contributed by atoms with Crippen LogP contribution in [-0.2, 0) is 6.54 Å². The van der Waals surface area contributed by atoms with Crippen molar-refractivity contribution in [3.05, 3.63) is 66.3 Å². The number of hydrogen-bond acceptors (Lipinski definition) is 5. The third kappa shape index (κ3) is 3.16. The third-order valence-corrected chi connectivity index (χ3v) is 3.93. The fraction of sp³-hybridized carbons (Fsp3) is 0.0556. The molecule has 0 amide bonds. The van der Waals surface area contributed by atoms with E-state index in [9.17, 15) is 8.78 Å². The van der Waals surface area contributed by atoms with Crippen LogP contribution >= 0.6 is 0 Å². The summed E-state index contributed by atoms with van der Waals surface area (Å²) in [4.78, 5) is 15.5. The zero-order valence-electron chi connectivity index (χ0n) is 13.5. The second-order valence-corrected chi connectivity index (χ2v) is 5.78. The average Bonchev–Trinajstić information content (AvgIpc) is 3.03. The number of aromatic nitrogens is 4. The zero-order valence-corrected chi connectivity index (χ0v) is 13.5. The third-order valence-electron chi connectivity index (χ3n) is 3.93. The number of nitrogens with one attached hydrogen (secondary N) is 2. The molecule has 4 aromatic rings. The molecule has 26 heavy (non-hydrogen) atoms. The summed E-state index contributed by atoms with van der Waals surface area (Å²) >= 11 is 0. The van der Waals surface area contributed by atoms with Gasteiger partial charge in [0.1, 0.15) is 17.3 Å². The minimum atomic E-state index is -0.605. The summed E-state index contributed by atoms with van der Waals surface area (Å²) in [7, 11) is 0. The minimum Gasteiger partial charge on any atom is -0.380 e. The maximum absolute atomic E-state index is 13.3. The summed E-state index contributed by atoms with van der Waals surface area (Å²) in [6.07, 6.45) is 6.75. The first-order valence-corrected chi connectivity index (χ1v) is 7.82. The largest absolute Gasteiger partial charge is 0.380 e. The van der Waals surface area contributed by atoms with Crippen molar-refractivity contribution in [2.45, 2.75) is 6.54 Å². The predicted octanol–water partition coefficient (Wildman–Crippen LogP) is 3.49. The molecule has 4 N–H and O–H groups in total. The highest BCUT2D eigenvalue weighted by atomic mass is 19.1. The summed E-state index contributed by atoms with van der Waals surface area (Å²) in [5, 5.41) is 3.99. The van der Waals surface area contributed by atoms with Crippen LogP contribution in [0.4, 0.5) is 20.4 Å². The molecule has 130 valence electrons. The van der Waals surface area contributed by atoms with E-state index in [0.717, 1.165) is 28.3 Å². The quantitative estimate of drug-likeness (QED) is 0.523. The van der Waals surface area contributed by atoms with Gasteiger partial charge in [0.2, 0.25) is 5.95 Å². The number of pyridine rings is 1. The van der Waals surface area contributed by atoms with Crippen molar-refractivity contribution in [3.63, 3.8) is 0 Å². The number of halogens is 2. The van der Waals surface area contributed by atoms with Gasteiger partial charge in [-0.25, -0.2) is 23.7 Å².